The lowest BCUT2D eigenvalue weighted by atomic mass is 10.1. The lowest BCUT2D eigenvalue weighted by molar-refractivity contribution is -0.120. The largest absolute Gasteiger partial charge is 0.349 e. The molecule has 5 nitrogen and oxygen atoms in total. The summed E-state index contributed by atoms with van der Waals surface area (Å²) >= 11 is 13.6. The first-order valence-corrected chi connectivity index (χ1v) is 9.84. The smallest absolute Gasteiger partial charge is 0.233 e. The second-order valence-electron chi connectivity index (χ2n) is 6.29. The topological polar surface area (TPSA) is 59.8 Å². The molecule has 1 aliphatic carbocycles. The van der Waals surface area contributed by atoms with Gasteiger partial charge in [-0.1, -0.05) is 41.0 Å². The van der Waals surface area contributed by atoms with Gasteiger partial charge in [0.1, 0.15) is 5.82 Å². The van der Waals surface area contributed by atoms with Gasteiger partial charge in [0.25, 0.3) is 0 Å². The summed E-state index contributed by atoms with van der Waals surface area (Å²) in [4.78, 5) is 12.6. The molecule has 0 bridgehead atoms. The van der Waals surface area contributed by atoms with Crippen LogP contribution < -0.4 is 5.32 Å². The lowest BCUT2D eigenvalue weighted by Gasteiger charge is -2.19. The Balaban J connectivity index is 1.64. The molecule has 1 amide bonds. The minimum atomic E-state index is -0.283. The van der Waals surface area contributed by atoms with Gasteiger partial charge in [0.2, 0.25) is 5.91 Å². The number of rotatable bonds is 6. The maximum absolute atomic E-state index is 12.6. The van der Waals surface area contributed by atoms with Gasteiger partial charge in [-0.05, 0) is 51.3 Å². The first-order chi connectivity index (χ1) is 11.9. The number of thioether (sulfide) groups is 1. The molecule has 1 saturated carbocycles. The van der Waals surface area contributed by atoms with Crippen LogP contribution in [0, 0.1) is 6.92 Å². The Morgan fingerprint density at radius 1 is 1.32 bits per heavy atom. The van der Waals surface area contributed by atoms with Crippen LogP contribution in [0.2, 0.25) is 10.0 Å². The number of aryl methyl sites for hydroxylation is 1. The minimum Gasteiger partial charge on any atom is -0.349 e. The monoisotopic (exact) mass is 398 g/mol. The Hall–Kier alpha value is -1.24. The van der Waals surface area contributed by atoms with E-state index in [-0.39, 0.29) is 17.2 Å². The zero-order valence-corrected chi connectivity index (χ0v) is 16.6. The van der Waals surface area contributed by atoms with Gasteiger partial charge in [-0.25, -0.2) is 0 Å². The highest BCUT2D eigenvalue weighted by molar-refractivity contribution is 8.00. The van der Waals surface area contributed by atoms with E-state index in [4.69, 9.17) is 23.2 Å². The van der Waals surface area contributed by atoms with E-state index in [9.17, 15) is 4.79 Å². The number of benzene rings is 1. The van der Waals surface area contributed by atoms with Crippen LogP contribution in [0.4, 0.5) is 0 Å². The SMILES string of the molecule is Cc1nnc(S[C@H](C)C(=O)N[C@H](C)c2ccc(Cl)cc2Cl)n1C1CC1. The summed E-state index contributed by atoms with van der Waals surface area (Å²) in [6, 6.07) is 5.56. The van der Waals surface area contributed by atoms with Gasteiger partial charge in [-0.2, -0.15) is 0 Å². The number of nitrogens with one attached hydrogen (secondary N) is 1. The van der Waals surface area contributed by atoms with E-state index in [0.717, 1.165) is 29.4 Å². The van der Waals surface area contributed by atoms with E-state index < -0.39 is 0 Å². The van der Waals surface area contributed by atoms with Crippen molar-refractivity contribution >= 4 is 40.9 Å². The highest BCUT2D eigenvalue weighted by Crippen LogP contribution is 2.39. The van der Waals surface area contributed by atoms with Crippen molar-refractivity contribution in [2.75, 3.05) is 0 Å². The molecule has 3 rings (SSSR count). The predicted octanol–water partition coefficient (Wildman–Crippen LogP) is 4.59. The van der Waals surface area contributed by atoms with Crippen molar-refractivity contribution in [3.63, 3.8) is 0 Å². The summed E-state index contributed by atoms with van der Waals surface area (Å²) in [5.41, 5.74) is 0.841. The first kappa shape index (κ1) is 18.5. The second-order valence-corrected chi connectivity index (χ2v) is 8.44. The molecular weight excluding hydrogens is 379 g/mol. The van der Waals surface area contributed by atoms with Gasteiger partial charge in [-0.15, -0.1) is 10.2 Å². The summed E-state index contributed by atoms with van der Waals surface area (Å²) in [5.74, 6) is 0.838. The molecule has 0 radical (unpaired) electrons. The third kappa shape index (κ3) is 4.30. The molecule has 134 valence electrons. The lowest BCUT2D eigenvalue weighted by Crippen LogP contribution is -2.33. The normalized spacial score (nSPS) is 16.5. The average molecular weight is 399 g/mol. The van der Waals surface area contributed by atoms with Crippen molar-refractivity contribution in [1.82, 2.24) is 20.1 Å². The minimum absolute atomic E-state index is 0.0634. The van der Waals surface area contributed by atoms with Crippen LogP contribution in [0.25, 0.3) is 0 Å². The molecule has 2 atom stereocenters. The zero-order chi connectivity index (χ0) is 18.1. The molecule has 1 aromatic carbocycles. The Bertz CT molecular complexity index is 791. The average Bonchev–Trinajstić information content (AvgIpc) is 3.31. The van der Waals surface area contributed by atoms with E-state index in [1.807, 2.05) is 26.8 Å². The summed E-state index contributed by atoms with van der Waals surface area (Å²) in [6.07, 6.45) is 2.30. The molecule has 0 spiro atoms. The summed E-state index contributed by atoms with van der Waals surface area (Å²) in [5, 5.41) is 13.0. The maximum atomic E-state index is 12.6. The third-order valence-electron chi connectivity index (χ3n) is 4.19. The molecular formula is C17H20Cl2N4OS. The number of halogens is 2. The molecule has 0 aliphatic heterocycles. The molecule has 1 aromatic heterocycles. The summed E-state index contributed by atoms with van der Waals surface area (Å²) < 4.78 is 2.13. The number of carbonyl (C=O) groups is 1. The number of hydrogen-bond acceptors (Lipinski definition) is 4. The standard InChI is InChI=1S/C17H20Cl2N4OS/c1-9(14-7-4-12(18)8-15(14)19)20-16(24)10(2)25-17-22-21-11(3)23(17)13-5-6-13/h4,7-10,13H,5-6H2,1-3H3,(H,20,24)/t9-,10-/m1/s1. The van der Waals surface area contributed by atoms with Crippen LogP contribution in [0.15, 0.2) is 23.4 Å². The molecule has 8 heteroatoms. The number of hydrogen-bond donors (Lipinski definition) is 1. The fourth-order valence-electron chi connectivity index (χ4n) is 2.66. The van der Waals surface area contributed by atoms with Crippen molar-refractivity contribution in [3.05, 3.63) is 39.6 Å². The number of nitrogens with zero attached hydrogens (tertiary/aromatic N) is 3. The van der Waals surface area contributed by atoms with Crippen LogP contribution in [0.5, 0.6) is 0 Å². The Labute approximate surface area is 161 Å². The highest BCUT2D eigenvalue weighted by atomic mass is 35.5. The fourth-order valence-corrected chi connectivity index (χ4v) is 4.20. The quantitative estimate of drug-likeness (QED) is 0.722. The van der Waals surface area contributed by atoms with Crippen molar-refractivity contribution in [3.8, 4) is 0 Å². The Morgan fingerprint density at radius 3 is 2.68 bits per heavy atom. The maximum Gasteiger partial charge on any atom is 0.233 e. The number of aromatic nitrogens is 3. The molecule has 0 unspecified atom stereocenters. The number of amides is 1. The summed E-state index contributed by atoms with van der Waals surface area (Å²) in [6.45, 7) is 5.73. The van der Waals surface area contributed by atoms with Gasteiger partial charge < -0.3 is 9.88 Å². The van der Waals surface area contributed by atoms with Crippen molar-refractivity contribution < 1.29 is 4.79 Å². The summed E-state index contributed by atoms with van der Waals surface area (Å²) in [7, 11) is 0. The Morgan fingerprint density at radius 2 is 2.04 bits per heavy atom. The van der Waals surface area contributed by atoms with E-state index in [1.54, 1.807) is 12.1 Å². The molecule has 2 aromatic rings. The zero-order valence-electron chi connectivity index (χ0n) is 14.3. The molecule has 25 heavy (non-hydrogen) atoms. The Kier molecular flexibility index (Phi) is 5.61. The van der Waals surface area contributed by atoms with E-state index in [2.05, 4.69) is 20.1 Å². The van der Waals surface area contributed by atoms with Gasteiger partial charge >= 0.3 is 0 Å². The van der Waals surface area contributed by atoms with Gasteiger partial charge in [-0.3, -0.25) is 4.79 Å². The van der Waals surface area contributed by atoms with E-state index >= 15 is 0 Å². The van der Waals surface area contributed by atoms with Gasteiger partial charge in [0.15, 0.2) is 5.16 Å². The van der Waals surface area contributed by atoms with Gasteiger partial charge in [0.05, 0.1) is 11.3 Å². The van der Waals surface area contributed by atoms with E-state index in [0.29, 0.717) is 16.1 Å². The predicted molar refractivity (Wildman–Crippen MR) is 101 cm³/mol. The second kappa shape index (κ2) is 7.56. The van der Waals surface area contributed by atoms with Crippen LogP contribution in [-0.4, -0.2) is 25.9 Å². The molecule has 1 N–H and O–H groups in total. The van der Waals surface area contributed by atoms with Crippen molar-refractivity contribution in [2.24, 2.45) is 0 Å². The molecule has 1 aliphatic rings. The van der Waals surface area contributed by atoms with Crippen molar-refractivity contribution in [1.29, 1.82) is 0 Å². The van der Waals surface area contributed by atoms with Crippen LogP contribution in [0.1, 0.15) is 50.2 Å². The third-order valence-corrected chi connectivity index (χ3v) is 5.81. The van der Waals surface area contributed by atoms with Crippen LogP contribution >= 0.6 is 35.0 Å². The van der Waals surface area contributed by atoms with Gasteiger partial charge in [0, 0.05) is 16.1 Å². The van der Waals surface area contributed by atoms with Crippen molar-refractivity contribution in [2.45, 2.75) is 56.1 Å². The van der Waals surface area contributed by atoms with Crippen LogP contribution in [-0.2, 0) is 4.79 Å². The fraction of sp³-hybridized carbons (Fsp3) is 0.471. The van der Waals surface area contributed by atoms with E-state index in [1.165, 1.54) is 11.8 Å². The molecule has 0 saturated heterocycles. The highest BCUT2D eigenvalue weighted by Gasteiger charge is 2.30. The van der Waals surface area contributed by atoms with Crippen LogP contribution in [0.3, 0.4) is 0 Å². The molecule has 1 heterocycles. The molecule has 1 fully saturated rings. The first-order valence-electron chi connectivity index (χ1n) is 8.20. The number of carbonyl (C=O) groups excluding carboxylic acids is 1.